The van der Waals surface area contributed by atoms with Gasteiger partial charge < -0.3 is 14.2 Å². The van der Waals surface area contributed by atoms with Gasteiger partial charge in [-0.3, -0.25) is 4.79 Å². The number of hydrogen-bond donors (Lipinski definition) is 0. The lowest BCUT2D eigenvalue weighted by atomic mass is 10.1. The van der Waals surface area contributed by atoms with Crippen molar-refractivity contribution in [2.45, 2.75) is 0 Å². The highest BCUT2D eigenvalue weighted by Gasteiger charge is 2.18. The number of ether oxygens (including phenoxy) is 3. The Labute approximate surface area is 149 Å². The second-order valence-corrected chi connectivity index (χ2v) is 5.53. The Morgan fingerprint density at radius 3 is 2.33 bits per heavy atom. The number of carbonyl (C=O) groups excluding carboxylic acids is 2. The third-order valence-electron chi connectivity index (χ3n) is 3.19. The molecule has 7 heteroatoms. The van der Waals surface area contributed by atoms with Crippen LogP contribution in [0.5, 0.6) is 11.5 Å². The van der Waals surface area contributed by atoms with Crippen LogP contribution in [0.25, 0.3) is 0 Å². The van der Waals surface area contributed by atoms with E-state index in [9.17, 15) is 9.59 Å². The number of hydrogen-bond acceptors (Lipinski definition) is 5. The van der Waals surface area contributed by atoms with Gasteiger partial charge in [0.2, 0.25) is 5.78 Å². The second kappa shape index (κ2) is 8.04. The molecule has 0 spiro atoms. The second-order valence-electron chi connectivity index (χ2n) is 4.69. The number of halogens is 2. The summed E-state index contributed by atoms with van der Waals surface area (Å²) in [5, 5.41) is 0.549. The summed E-state index contributed by atoms with van der Waals surface area (Å²) in [6.07, 6.45) is 0. The van der Waals surface area contributed by atoms with Crippen molar-refractivity contribution >= 4 is 35.0 Å². The average Bonchev–Trinajstić information content (AvgIpc) is 2.58. The Morgan fingerprint density at radius 2 is 1.71 bits per heavy atom. The molecule has 0 saturated carbocycles. The molecule has 0 saturated heterocycles. The van der Waals surface area contributed by atoms with Gasteiger partial charge in [0, 0.05) is 5.02 Å². The summed E-state index contributed by atoms with van der Waals surface area (Å²) in [5.74, 6) is -0.288. The number of carbonyl (C=O) groups is 2. The smallest absolute Gasteiger partial charge is 0.340 e. The molecule has 2 aromatic rings. The molecule has 0 radical (unpaired) electrons. The Bertz CT molecular complexity index is 774. The predicted molar refractivity (Wildman–Crippen MR) is 90.6 cm³/mol. The molecule has 2 rings (SSSR count). The van der Waals surface area contributed by atoms with Crippen molar-refractivity contribution in [1.29, 1.82) is 0 Å². The van der Waals surface area contributed by atoms with Gasteiger partial charge in [-0.2, -0.15) is 0 Å². The number of rotatable bonds is 6. The number of benzene rings is 2. The maximum Gasteiger partial charge on any atom is 0.340 e. The van der Waals surface area contributed by atoms with Gasteiger partial charge in [-0.1, -0.05) is 23.2 Å². The molecular weight excluding hydrogens is 355 g/mol. The number of esters is 1. The lowest BCUT2D eigenvalue weighted by Gasteiger charge is -2.10. The fraction of sp³-hybridized carbons (Fsp3) is 0.176. The third kappa shape index (κ3) is 4.19. The Hall–Kier alpha value is -2.24. The van der Waals surface area contributed by atoms with Gasteiger partial charge in [0.25, 0.3) is 0 Å². The van der Waals surface area contributed by atoms with Crippen LogP contribution in [0.2, 0.25) is 10.0 Å². The number of ketones is 1. The fourth-order valence-corrected chi connectivity index (χ4v) is 2.46. The molecule has 0 amide bonds. The molecule has 0 unspecified atom stereocenters. The first-order valence-corrected chi connectivity index (χ1v) is 7.59. The van der Waals surface area contributed by atoms with Crippen LogP contribution < -0.4 is 9.47 Å². The highest BCUT2D eigenvalue weighted by Crippen LogP contribution is 2.25. The van der Waals surface area contributed by atoms with Gasteiger partial charge in [0.05, 0.1) is 30.4 Å². The van der Waals surface area contributed by atoms with Gasteiger partial charge in [-0.25, -0.2) is 4.79 Å². The van der Waals surface area contributed by atoms with Gasteiger partial charge in [0.1, 0.15) is 11.5 Å². The van der Waals surface area contributed by atoms with Gasteiger partial charge >= 0.3 is 5.97 Å². The molecule has 0 aliphatic carbocycles. The van der Waals surface area contributed by atoms with E-state index >= 15 is 0 Å². The standard InChI is InChI=1S/C17H14Cl2O5/c1-22-11-4-6-16(23-2)13(8-11)15(20)9-24-17(21)12-5-3-10(18)7-14(12)19/h3-8H,9H2,1-2H3. The molecule has 0 aromatic heterocycles. The van der Waals surface area contributed by atoms with Crippen molar-refractivity contribution in [3.63, 3.8) is 0 Å². The van der Waals surface area contributed by atoms with Crippen LogP contribution >= 0.6 is 23.2 Å². The van der Waals surface area contributed by atoms with Crippen molar-refractivity contribution in [2.75, 3.05) is 20.8 Å². The first-order chi connectivity index (χ1) is 11.5. The molecule has 0 bridgehead atoms. The normalized spacial score (nSPS) is 10.2. The van der Waals surface area contributed by atoms with E-state index in [1.807, 2.05) is 0 Å². The zero-order valence-corrected chi connectivity index (χ0v) is 14.5. The van der Waals surface area contributed by atoms with Crippen LogP contribution in [0.3, 0.4) is 0 Å². The monoisotopic (exact) mass is 368 g/mol. The fourth-order valence-electron chi connectivity index (χ4n) is 1.97. The zero-order valence-electron chi connectivity index (χ0n) is 13.0. The minimum absolute atomic E-state index is 0.131. The number of methoxy groups -OCH3 is 2. The summed E-state index contributed by atoms with van der Waals surface area (Å²) >= 11 is 11.7. The largest absolute Gasteiger partial charge is 0.497 e. The summed E-state index contributed by atoms with van der Waals surface area (Å²) in [5.41, 5.74) is 0.387. The average molecular weight is 369 g/mol. The SMILES string of the molecule is COc1ccc(OC)c(C(=O)COC(=O)c2ccc(Cl)cc2Cl)c1. The minimum Gasteiger partial charge on any atom is -0.497 e. The van der Waals surface area contributed by atoms with E-state index in [-0.39, 0.29) is 16.1 Å². The van der Waals surface area contributed by atoms with Crippen LogP contribution in [0, 0.1) is 0 Å². The van der Waals surface area contributed by atoms with Crippen molar-refractivity contribution in [1.82, 2.24) is 0 Å². The highest BCUT2D eigenvalue weighted by molar-refractivity contribution is 6.36. The van der Waals surface area contributed by atoms with E-state index in [0.29, 0.717) is 16.5 Å². The summed E-state index contributed by atoms with van der Waals surface area (Å²) in [4.78, 5) is 24.3. The first-order valence-electron chi connectivity index (χ1n) is 6.83. The lowest BCUT2D eigenvalue weighted by Crippen LogP contribution is -2.15. The number of Topliss-reactive ketones (excluding diaryl/α,β-unsaturated/α-hetero) is 1. The molecule has 24 heavy (non-hydrogen) atoms. The lowest BCUT2D eigenvalue weighted by molar-refractivity contribution is 0.0474. The summed E-state index contributed by atoms with van der Waals surface area (Å²) in [6, 6.07) is 9.15. The van der Waals surface area contributed by atoms with E-state index in [0.717, 1.165) is 0 Å². The van der Waals surface area contributed by atoms with Crippen LogP contribution in [0.4, 0.5) is 0 Å². The minimum atomic E-state index is -0.716. The van der Waals surface area contributed by atoms with Gasteiger partial charge in [0.15, 0.2) is 6.61 Å². The van der Waals surface area contributed by atoms with Crippen molar-refractivity contribution in [2.24, 2.45) is 0 Å². The van der Waals surface area contributed by atoms with Gasteiger partial charge in [-0.05, 0) is 36.4 Å². The topological polar surface area (TPSA) is 61.8 Å². The van der Waals surface area contributed by atoms with Crippen molar-refractivity contribution in [3.05, 3.63) is 57.6 Å². The van der Waals surface area contributed by atoms with Crippen LogP contribution in [0.1, 0.15) is 20.7 Å². The summed E-state index contributed by atoms with van der Waals surface area (Å²) < 4.78 is 15.2. The van der Waals surface area contributed by atoms with Gasteiger partial charge in [-0.15, -0.1) is 0 Å². The Morgan fingerprint density at radius 1 is 0.958 bits per heavy atom. The van der Waals surface area contributed by atoms with E-state index in [1.165, 1.54) is 38.5 Å². The molecule has 2 aromatic carbocycles. The maximum absolute atomic E-state index is 12.3. The van der Waals surface area contributed by atoms with E-state index in [1.54, 1.807) is 12.1 Å². The Balaban J connectivity index is 2.11. The van der Waals surface area contributed by atoms with Crippen molar-refractivity contribution in [3.8, 4) is 11.5 Å². The van der Waals surface area contributed by atoms with E-state index < -0.39 is 18.4 Å². The van der Waals surface area contributed by atoms with E-state index in [2.05, 4.69) is 0 Å². The molecule has 0 heterocycles. The Kier molecular flexibility index (Phi) is 6.06. The highest BCUT2D eigenvalue weighted by atomic mass is 35.5. The summed E-state index contributed by atoms with van der Waals surface area (Å²) in [6.45, 7) is -0.457. The first kappa shape index (κ1) is 18.1. The molecule has 5 nitrogen and oxygen atoms in total. The maximum atomic E-state index is 12.3. The van der Waals surface area contributed by atoms with Crippen molar-refractivity contribution < 1.29 is 23.8 Å². The molecule has 0 aliphatic rings. The van der Waals surface area contributed by atoms with Crippen LogP contribution in [-0.4, -0.2) is 32.6 Å². The predicted octanol–water partition coefficient (Wildman–Crippen LogP) is 4.05. The van der Waals surface area contributed by atoms with E-state index in [4.69, 9.17) is 37.4 Å². The molecule has 126 valence electrons. The molecule has 0 N–H and O–H groups in total. The summed E-state index contributed by atoms with van der Waals surface area (Å²) in [7, 11) is 2.93. The van der Waals surface area contributed by atoms with Crippen LogP contribution in [0.15, 0.2) is 36.4 Å². The molecule has 0 fully saturated rings. The van der Waals surface area contributed by atoms with Crippen LogP contribution in [-0.2, 0) is 4.74 Å². The zero-order chi connectivity index (χ0) is 17.7. The third-order valence-corrected chi connectivity index (χ3v) is 3.74. The molecular formula is C17H14Cl2O5. The molecule has 0 aliphatic heterocycles. The quantitative estimate of drug-likeness (QED) is 0.568. The molecule has 0 atom stereocenters.